The quantitative estimate of drug-likeness (QED) is 0.717. The Labute approximate surface area is 153 Å². The maximum atomic E-state index is 9.76. The molecule has 3 heteroatoms. The first kappa shape index (κ1) is 16.7. The van der Waals surface area contributed by atoms with Gasteiger partial charge in [-0.3, -0.25) is 0 Å². The zero-order valence-electron chi connectivity index (χ0n) is 14.7. The second kappa shape index (κ2) is 7.22. The van der Waals surface area contributed by atoms with Crippen molar-refractivity contribution in [1.29, 1.82) is 0 Å². The monoisotopic (exact) mass is 345 g/mol. The molecule has 0 aromatic heterocycles. The van der Waals surface area contributed by atoms with E-state index in [9.17, 15) is 5.11 Å². The Morgan fingerprint density at radius 2 is 1.85 bits per heavy atom. The van der Waals surface area contributed by atoms with Crippen LogP contribution < -0.4 is 10.5 Å². The number of hydrogen-bond donors (Lipinski definition) is 2. The molecule has 1 aliphatic rings. The Kier molecular flexibility index (Phi) is 4.63. The van der Waals surface area contributed by atoms with Gasteiger partial charge in [-0.2, -0.15) is 0 Å². The zero-order valence-corrected chi connectivity index (χ0v) is 14.7. The maximum absolute atomic E-state index is 9.76. The van der Waals surface area contributed by atoms with E-state index in [0.717, 1.165) is 30.4 Å². The Morgan fingerprint density at radius 1 is 1.00 bits per heavy atom. The van der Waals surface area contributed by atoms with E-state index in [0.29, 0.717) is 18.9 Å². The molecule has 0 saturated carbocycles. The predicted octanol–water partition coefficient (Wildman–Crippen LogP) is 4.76. The van der Waals surface area contributed by atoms with Crippen LogP contribution in [0.5, 0.6) is 11.5 Å². The van der Waals surface area contributed by atoms with E-state index in [1.807, 2.05) is 24.3 Å². The Hall–Kier alpha value is -2.78. The lowest BCUT2D eigenvalue weighted by Crippen LogP contribution is -2.10. The number of ether oxygens (including phenoxy) is 1. The third-order valence-corrected chi connectivity index (χ3v) is 4.95. The van der Waals surface area contributed by atoms with Gasteiger partial charge < -0.3 is 15.6 Å². The van der Waals surface area contributed by atoms with Crippen molar-refractivity contribution < 1.29 is 9.84 Å². The number of phenolic OH excluding ortho intramolecular Hbond substituents is 1. The van der Waals surface area contributed by atoms with Gasteiger partial charge >= 0.3 is 0 Å². The van der Waals surface area contributed by atoms with E-state index in [4.69, 9.17) is 10.5 Å². The highest BCUT2D eigenvalue weighted by Gasteiger charge is 2.15. The number of rotatable bonds is 4. The van der Waals surface area contributed by atoms with Gasteiger partial charge in [0.2, 0.25) is 0 Å². The number of aryl methyl sites for hydroxylation is 1. The van der Waals surface area contributed by atoms with Gasteiger partial charge in [0.1, 0.15) is 18.1 Å². The van der Waals surface area contributed by atoms with Crippen molar-refractivity contribution in [2.75, 3.05) is 13.2 Å². The molecule has 0 radical (unpaired) electrons. The number of aromatic hydroxyl groups is 1. The molecule has 0 spiro atoms. The molecule has 26 heavy (non-hydrogen) atoms. The fourth-order valence-electron chi connectivity index (χ4n) is 3.76. The molecule has 0 aliphatic heterocycles. The fraction of sp³-hybridized carbons (Fsp3) is 0.217. The largest absolute Gasteiger partial charge is 0.508 e. The first-order valence-electron chi connectivity index (χ1n) is 9.14. The average Bonchev–Trinajstić information content (AvgIpc) is 2.67. The van der Waals surface area contributed by atoms with Crippen LogP contribution in [0, 0.1) is 0 Å². The minimum atomic E-state index is 0.344. The molecule has 3 nitrogen and oxygen atoms in total. The Morgan fingerprint density at radius 3 is 2.69 bits per heavy atom. The van der Waals surface area contributed by atoms with Crippen molar-refractivity contribution in [3.63, 3.8) is 0 Å². The van der Waals surface area contributed by atoms with Crippen LogP contribution >= 0.6 is 0 Å². The first-order valence-corrected chi connectivity index (χ1v) is 9.14. The normalized spacial score (nSPS) is 15.2. The molecule has 3 N–H and O–H groups in total. The third-order valence-electron chi connectivity index (χ3n) is 4.95. The highest BCUT2D eigenvalue weighted by Crippen LogP contribution is 2.36. The minimum Gasteiger partial charge on any atom is -0.508 e. The summed E-state index contributed by atoms with van der Waals surface area (Å²) in [5, 5.41) is 12.1. The van der Waals surface area contributed by atoms with Crippen molar-refractivity contribution in [1.82, 2.24) is 0 Å². The Balaban J connectivity index is 1.80. The van der Waals surface area contributed by atoms with Crippen molar-refractivity contribution >= 4 is 22.4 Å². The maximum Gasteiger partial charge on any atom is 0.127 e. The summed E-state index contributed by atoms with van der Waals surface area (Å²) in [5.74, 6) is 1.22. The lowest BCUT2D eigenvalue weighted by molar-refractivity contribution is 0.332. The minimum absolute atomic E-state index is 0.344. The van der Waals surface area contributed by atoms with Gasteiger partial charge in [0.25, 0.3) is 0 Å². The van der Waals surface area contributed by atoms with Gasteiger partial charge in [-0.25, -0.2) is 0 Å². The molecule has 0 atom stereocenters. The smallest absolute Gasteiger partial charge is 0.127 e. The standard InChI is InChI=1S/C23H23NO2/c24-12-13-26-23-11-8-18(21-6-1-2-7-22(21)23)14-16-4-3-5-17-15-19(25)9-10-20(16)17/h1-2,6-11,14-15,25H,3-5,12-13,24H2. The zero-order chi connectivity index (χ0) is 17.9. The van der Waals surface area contributed by atoms with Gasteiger partial charge in [-0.05, 0) is 65.1 Å². The Bertz CT molecular complexity index is 975. The summed E-state index contributed by atoms with van der Waals surface area (Å²) in [6.07, 6.45) is 5.47. The van der Waals surface area contributed by atoms with Crippen LogP contribution in [0.25, 0.3) is 22.4 Å². The summed E-state index contributed by atoms with van der Waals surface area (Å²) in [5.41, 5.74) is 10.6. The molecular formula is C23H23NO2. The van der Waals surface area contributed by atoms with E-state index in [-0.39, 0.29) is 0 Å². The lowest BCUT2D eigenvalue weighted by Gasteiger charge is -2.20. The molecular weight excluding hydrogens is 322 g/mol. The molecule has 132 valence electrons. The fourth-order valence-corrected chi connectivity index (χ4v) is 3.76. The summed E-state index contributed by atoms with van der Waals surface area (Å²) in [6, 6.07) is 18.2. The summed E-state index contributed by atoms with van der Waals surface area (Å²) < 4.78 is 5.81. The number of nitrogens with two attached hydrogens (primary N) is 1. The van der Waals surface area contributed by atoms with Crippen molar-refractivity contribution in [3.05, 3.63) is 71.3 Å². The van der Waals surface area contributed by atoms with Crippen molar-refractivity contribution in [2.45, 2.75) is 19.3 Å². The number of benzene rings is 3. The van der Waals surface area contributed by atoms with Crippen LogP contribution in [-0.4, -0.2) is 18.3 Å². The molecule has 0 saturated heterocycles. The van der Waals surface area contributed by atoms with Gasteiger partial charge in [0.15, 0.2) is 0 Å². The average molecular weight is 345 g/mol. The molecule has 3 aromatic rings. The van der Waals surface area contributed by atoms with E-state index < -0.39 is 0 Å². The molecule has 3 aromatic carbocycles. The number of hydrogen-bond acceptors (Lipinski definition) is 3. The topological polar surface area (TPSA) is 55.5 Å². The molecule has 0 heterocycles. The lowest BCUT2D eigenvalue weighted by atomic mass is 9.86. The summed E-state index contributed by atoms with van der Waals surface area (Å²) >= 11 is 0. The molecule has 0 unspecified atom stereocenters. The van der Waals surface area contributed by atoms with Crippen LogP contribution in [0.2, 0.25) is 0 Å². The molecule has 1 aliphatic carbocycles. The second-order valence-corrected chi connectivity index (χ2v) is 6.70. The number of phenols is 1. The van der Waals surface area contributed by atoms with E-state index in [1.54, 1.807) is 6.07 Å². The van der Waals surface area contributed by atoms with E-state index in [1.165, 1.54) is 27.6 Å². The summed E-state index contributed by atoms with van der Waals surface area (Å²) in [6.45, 7) is 1.02. The van der Waals surface area contributed by atoms with Gasteiger partial charge in [-0.15, -0.1) is 0 Å². The van der Waals surface area contributed by atoms with E-state index in [2.05, 4.69) is 30.3 Å². The van der Waals surface area contributed by atoms with Gasteiger partial charge in [-0.1, -0.05) is 42.5 Å². The summed E-state index contributed by atoms with van der Waals surface area (Å²) in [4.78, 5) is 0. The molecule has 0 amide bonds. The van der Waals surface area contributed by atoms with Crippen LogP contribution in [0.3, 0.4) is 0 Å². The van der Waals surface area contributed by atoms with Crippen molar-refractivity contribution in [3.8, 4) is 11.5 Å². The van der Waals surface area contributed by atoms with Gasteiger partial charge in [0.05, 0.1) is 0 Å². The SMILES string of the molecule is NCCOc1ccc(C=C2CCCc3cc(O)ccc32)c2ccccc12. The first-order chi connectivity index (χ1) is 12.8. The number of fused-ring (bicyclic) bond motifs is 2. The highest BCUT2D eigenvalue weighted by atomic mass is 16.5. The summed E-state index contributed by atoms with van der Waals surface area (Å²) in [7, 11) is 0. The predicted molar refractivity (Wildman–Crippen MR) is 107 cm³/mol. The molecule has 0 fully saturated rings. The number of allylic oxidation sites excluding steroid dienone is 1. The van der Waals surface area contributed by atoms with Crippen LogP contribution in [-0.2, 0) is 6.42 Å². The van der Waals surface area contributed by atoms with E-state index >= 15 is 0 Å². The molecule has 0 bridgehead atoms. The van der Waals surface area contributed by atoms with Gasteiger partial charge in [0, 0.05) is 11.9 Å². The van der Waals surface area contributed by atoms with Crippen LogP contribution in [0.15, 0.2) is 54.6 Å². The van der Waals surface area contributed by atoms with Crippen LogP contribution in [0.4, 0.5) is 0 Å². The third kappa shape index (κ3) is 3.18. The second-order valence-electron chi connectivity index (χ2n) is 6.70. The van der Waals surface area contributed by atoms with Crippen LogP contribution in [0.1, 0.15) is 29.5 Å². The molecule has 4 rings (SSSR count). The highest BCUT2D eigenvalue weighted by molar-refractivity contribution is 5.98. The van der Waals surface area contributed by atoms with Crippen molar-refractivity contribution in [2.24, 2.45) is 5.73 Å².